The minimum absolute atomic E-state index is 0.410. The Balaban J connectivity index is 1.91. The molecule has 1 fully saturated rings. The molecule has 1 saturated heterocycles. The lowest BCUT2D eigenvalue weighted by Gasteiger charge is -2.32. The van der Waals surface area contributed by atoms with Gasteiger partial charge in [0.15, 0.2) is 0 Å². The molecule has 2 aromatic rings. The average molecular weight is 282 g/mol. The Kier molecular flexibility index (Phi) is 4.41. The molecule has 1 heterocycles. The van der Waals surface area contributed by atoms with Gasteiger partial charge in [0, 0.05) is 18.8 Å². The number of rotatable bonds is 3. The quantitative estimate of drug-likeness (QED) is 0.935. The monoisotopic (exact) mass is 282 g/mol. The topological polar surface area (TPSA) is 24.5 Å². The van der Waals surface area contributed by atoms with Gasteiger partial charge < -0.3 is 15.0 Å². The summed E-state index contributed by atoms with van der Waals surface area (Å²) in [5.41, 5.74) is 2.64. The number of anilines is 1. The maximum Gasteiger partial charge on any atom is 0.118 e. The number of nitrogens with one attached hydrogen (secondary N) is 1. The Morgan fingerprint density at radius 1 is 1.00 bits per heavy atom. The van der Waals surface area contributed by atoms with Crippen LogP contribution in [0.2, 0.25) is 0 Å². The molecular formula is C18H22N2O. The third-order valence-electron chi connectivity index (χ3n) is 4.09. The lowest BCUT2D eigenvalue weighted by atomic mass is 10.0. The van der Waals surface area contributed by atoms with Gasteiger partial charge in [0.25, 0.3) is 0 Å². The molecule has 3 heteroatoms. The van der Waals surface area contributed by atoms with E-state index in [1.165, 1.54) is 11.3 Å². The van der Waals surface area contributed by atoms with E-state index >= 15 is 0 Å². The first-order chi connectivity index (χ1) is 10.4. The van der Waals surface area contributed by atoms with Crippen molar-refractivity contribution in [2.24, 2.45) is 0 Å². The highest BCUT2D eigenvalue weighted by molar-refractivity contribution is 5.49. The van der Waals surface area contributed by atoms with Crippen molar-refractivity contribution in [2.75, 3.05) is 31.6 Å². The van der Waals surface area contributed by atoms with E-state index in [4.69, 9.17) is 4.74 Å². The molecule has 110 valence electrons. The SMILES string of the molecule is COc1ccc([C@@H]2CCNCCN2c2ccccc2)cc1. The van der Waals surface area contributed by atoms with Crippen LogP contribution >= 0.6 is 0 Å². The summed E-state index contributed by atoms with van der Waals surface area (Å²) in [5, 5.41) is 3.50. The van der Waals surface area contributed by atoms with E-state index in [1.807, 2.05) is 0 Å². The molecule has 0 spiro atoms. The van der Waals surface area contributed by atoms with Gasteiger partial charge in [-0.15, -0.1) is 0 Å². The lowest BCUT2D eigenvalue weighted by Crippen LogP contribution is -2.30. The molecule has 0 saturated carbocycles. The van der Waals surface area contributed by atoms with Crippen LogP contribution < -0.4 is 15.0 Å². The molecule has 0 amide bonds. The molecule has 0 bridgehead atoms. The van der Waals surface area contributed by atoms with Gasteiger partial charge >= 0.3 is 0 Å². The molecule has 1 aliphatic heterocycles. The first kappa shape index (κ1) is 14.0. The predicted octanol–water partition coefficient (Wildman–Crippen LogP) is 3.24. The van der Waals surface area contributed by atoms with E-state index in [0.29, 0.717) is 6.04 Å². The summed E-state index contributed by atoms with van der Waals surface area (Å²) in [4.78, 5) is 2.50. The van der Waals surface area contributed by atoms with Crippen LogP contribution in [0.3, 0.4) is 0 Å². The summed E-state index contributed by atoms with van der Waals surface area (Å²) in [5.74, 6) is 0.914. The largest absolute Gasteiger partial charge is 0.497 e. The lowest BCUT2D eigenvalue weighted by molar-refractivity contribution is 0.414. The highest BCUT2D eigenvalue weighted by atomic mass is 16.5. The van der Waals surface area contributed by atoms with E-state index in [1.54, 1.807) is 7.11 Å². The van der Waals surface area contributed by atoms with Crippen LogP contribution in [0.25, 0.3) is 0 Å². The number of hydrogen-bond donors (Lipinski definition) is 1. The van der Waals surface area contributed by atoms with Crippen LogP contribution in [-0.2, 0) is 0 Å². The summed E-state index contributed by atoms with van der Waals surface area (Å²) in [6.07, 6.45) is 1.11. The van der Waals surface area contributed by atoms with E-state index in [2.05, 4.69) is 64.8 Å². The van der Waals surface area contributed by atoms with Gasteiger partial charge in [0.2, 0.25) is 0 Å². The Morgan fingerprint density at radius 2 is 1.76 bits per heavy atom. The van der Waals surface area contributed by atoms with Crippen molar-refractivity contribution in [3.8, 4) is 5.75 Å². The van der Waals surface area contributed by atoms with Gasteiger partial charge in [-0.1, -0.05) is 30.3 Å². The third-order valence-corrected chi connectivity index (χ3v) is 4.09. The summed E-state index contributed by atoms with van der Waals surface area (Å²) < 4.78 is 5.27. The zero-order valence-electron chi connectivity index (χ0n) is 12.5. The fourth-order valence-electron chi connectivity index (χ4n) is 2.98. The van der Waals surface area contributed by atoms with Gasteiger partial charge in [-0.2, -0.15) is 0 Å². The Bertz CT molecular complexity index is 553. The second kappa shape index (κ2) is 6.64. The predicted molar refractivity (Wildman–Crippen MR) is 87.0 cm³/mol. The average Bonchev–Trinajstić information content (AvgIpc) is 2.81. The number of benzene rings is 2. The van der Waals surface area contributed by atoms with Crippen molar-refractivity contribution in [1.82, 2.24) is 5.32 Å². The number of para-hydroxylation sites is 1. The van der Waals surface area contributed by atoms with E-state index < -0.39 is 0 Å². The van der Waals surface area contributed by atoms with Gasteiger partial charge in [-0.05, 0) is 42.8 Å². The molecule has 1 N–H and O–H groups in total. The molecule has 21 heavy (non-hydrogen) atoms. The molecule has 3 nitrogen and oxygen atoms in total. The molecule has 3 rings (SSSR count). The number of nitrogens with zero attached hydrogens (tertiary/aromatic N) is 1. The van der Waals surface area contributed by atoms with Gasteiger partial charge in [-0.3, -0.25) is 0 Å². The first-order valence-corrected chi connectivity index (χ1v) is 7.55. The zero-order valence-corrected chi connectivity index (χ0v) is 12.5. The zero-order chi connectivity index (χ0) is 14.5. The van der Waals surface area contributed by atoms with Crippen LogP contribution in [-0.4, -0.2) is 26.7 Å². The highest BCUT2D eigenvalue weighted by Crippen LogP contribution is 2.31. The van der Waals surface area contributed by atoms with Crippen molar-refractivity contribution >= 4 is 5.69 Å². The summed E-state index contributed by atoms with van der Waals surface area (Å²) in [6.45, 7) is 3.11. The van der Waals surface area contributed by atoms with Crippen LogP contribution in [0.4, 0.5) is 5.69 Å². The second-order valence-corrected chi connectivity index (χ2v) is 5.36. The molecule has 0 unspecified atom stereocenters. The highest BCUT2D eigenvalue weighted by Gasteiger charge is 2.22. The molecular weight excluding hydrogens is 260 g/mol. The van der Waals surface area contributed by atoms with E-state index in [-0.39, 0.29) is 0 Å². The first-order valence-electron chi connectivity index (χ1n) is 7.55. The van der Waals surface area contributed by atoms with Crippen molar-refractivity contribution in [3.05, 3.63) is 60.2 Å². The van der Waals surface area contributed by atoms with Crippen LogP contribution in [0.15, 0.2) is 54.6 Å². The van der Waals surface area contributed by atoms with Crippen molar-refractivity contribution in [2.45, 2.75) is 12.5 Å². The summed E-state index contributed by atoms with van der Waals surface area (Å²) >= 11 is 0. The Labute approximate surface area is 126 Å². The minimum atomic E-state index is 0.410. The van der Waals surface area contributed by atoms with Crippen molar-refractivity contribution < 1.29 is 4.74 Å². The maximum absolute atomic E-state index is 5.27. The normalized spacial score (nSPS) is 19.1. The van der Waals surface area contributed by atoms with Crippen molar-refractivity contribution in [3.63, 3.8) is 0 Å². The number of methoxy groups -OCH3 is 1. The molecule has 0 aliphatic carbocycles. The van der Waals surface area contributed by atoms with Crippen LogP contribution in [0, 0.1) is 0 Å². The molecule has 1 atom stereocenters. The van der Waals surface area contributed by atoms with Gasteiger partial charge in [0.05, 0.1) is 13.2 Å². The van der Waals surface area contributed by atoms with Gasteiger partial charge in [0.1, 0.15) is 5.75 Å². The Morgan fingerprint density at radius 3 is 2.48 bits per heavy atom. The van der Waals surface area contributed by atoms with Crippen LogP contribution in [0.5, 0.6) is 5.75 Å². The fourth-order valence-corrected chi connectivity index (χ4v) is 2.98. The molecule has 0 radical (unpaired) electrons. The summed E-state index contributed by atoms with van der Waals surface area (Å²) in [7, 11) is 1.71. The maximum atomic E-state index is 5.27. The molecule has 1 aliphatic rings. The van der Waals surface area contributed by atoms with E-state index in [9.17, 15) is 0 Å². The van der Waals surface area contributed by atoms with Gasteiger partial charge in [-0.25, -0.2) is 0 Å². The molecule has 0 aromatic heterocycles. The number of hydrogen-bond acceptors (Lipinski definition) is 3. The Hall–Kier alpha value is -2.00. The van der Waals surface area contributed by atoms with Crippen molar-refractivity contribution in [1.29, 1.82) is 0 Å². The standard InChI is InChI=1S/C18H22N2O/c1-21-17-9-7-15(8-10-17)18-11-12-19-13-14-20(18)16-5-3-2-4-6-16/h2-10,18-19H,11-14H2,1H3/t18-/m0/s1. The summed E-state index contributed by atoms with van der Waals surface area (Å²) in [6, 6.07) is 19.6. The third kappa shape index (κ3) is 3.19. The van der Waals surface area contributed by atoms with E-state index in [0.717, 1.165) is 31.8 Å². The minimum Gasteiger partial charge on any atom is -0.497 e. The fraction of sp³-hybridized carbons (Fsp3) is 0.333. The van der Waals surface area contributed by atoms with Crippen LogP contribution in [0.1, 0.15) is 18.0 Å². The molecule has 2 aromatic carbocycles. The number of ether oxygens (including phenoxy) is 1. The smallest absolute Gasteiger partial charge is 0.118 e. The second-order valence-electron chi connectivity index (χ2n) is 5.36.